The molecule has 2 nitrogen and oxygen atoms in total. The third kappa shape index (κ3) is 2.54. The molecule has 0 aliphatic carbocycles. The Morgan fingerprint density at radius 2 is 2.11 bits per heavy atom. The average molecular weight is 270 g/mol. The van der Waals surface area contributed by atoms with Gasteiger partial charge in [-0.25, -0.2) is 4.57 Å². The van der Waals surface area contributed by atoms with Crippen LogP contribution in [0.15, 0.2) is 48.9 Å². The first kappa shape index (κ1) is 12.0. The number of aromatic nitrogens is 2. The summed E-state index contributed by atoms with van der Waals surface area (Å²) in [7, 11) is 2.02. The van der Waals surface area contributed by atoms with E-state index in [1.165, 1.54) is 5.56 Å². The van der Waals surface area contributed by atoms with Gasteiger partial charge in [0.25, 0.3) is 0 Å². The maximum Gasteiger partial charge on any atom is 0.175 e. The van der Waals surface area contributed by atoms with Crippen molar-refractivity contribution in [2.24, 2.45) is 7.05 Å². The molecule has 3 aromatic rings. The molecule has 0 radical (unpaired) electrons. The van der Waals surface area contributed by atoms with Gasteiger partial charge >= 0.3 is 0 Å². The molecular formula is C16H14ClN2+. The first-order chi connectivity index (χ1) is 9.22. The predicted molar refractivity (Wildman–Crippen MR) is 79.9 cm³/mol. The van der Waals surface area contributed by atoms with Gasteiger partial charge in [0.2, 0.25) is 0 Å². The molecular weight excluding hydrogens is 256 g/mol. The zero-order valence-corrected chi connectivity index (χ0v) is 11.4. The molecule has 2 heterocycles. The van der Waals surface area contributed by atoms with Crippen LogP contribution in [0.4, 0.5) is 0 Å². The molecule has 0 amide bonds. The summed E-state index contributed by atoms with van der Waals surface area (Å²) in [6, 6.07) is 9.99. The maximum absolute atomic E-state index is 6.04. The number of nitrogens with one attached hydrogen (secondary N) is 1. The third-order valence-corrected chi connectivity index (χ3v) is 3.33. The van der Waals surface area contributed by atoms with E-state index < -0.39 is 0 Å². The van der Waals surface area contributed by atoms with E-state index in [1.807, 2.05) is 48.3 Å². The maximum atomic E-state index is 6.04. The van der Waals surface area contributed by atoms with E-state index in [9.17, 15) is 0 Å². The Labute approximate surface area is 117 Å². The lowest BCUT2D eigenvalue weighted by atomic mass is 10.1. The van der Waals surface area contributed by atoms with Gasteiger partial charge in [0.15, 0.2) is 12.4 Å². The Balaban J connectivity index is 1.99. The summed E-state index contributed by atoms with van der Waals surface area (Å²) in [6.07, 6.45) is 10.3. The minimum Gasteiger partial charge on any atom is -0.361 e. The molecule has 0 unspecified atom stereocenters. The molecule has 0 saturated carbocycles. The summed E-state index contributed by atoms with van der Waals surface area (Å²) in [5.41, 5.74) is 3.41. The molecule has 0 aliphatic rings. The minimum absolute atomic E-state index is 0.757. The van der Waals surface area contributed by atoms with Crippen molar-refractivity contribution in [3.8, 4) is 0 Å². The summed E-state index contributed by atoms with van der Waals surface area (Å²) in [5, 5.41) is 1.90. The molecule has 0 aliphatic heterocycles. The number of halogens is 1. The predicted octanol–water partition coefficient (Wildman–Crippen LogP) is 3.82. The van der Waals surface area contributed by atoms with Crippen LogP contribution in [0.2, 0.25) is 5.02 Å². The summed E-state index contributed by atoms with van der Waals surface area (Å²) < 4.78 is 2.03. The van der Waals surface area contributed by atoms with E-state index in [2.05, 4.69) is 29.4 Å². The number of H-pyrrole nitrogens is 1. The van der Waals surface area contributed by atoms with Gasteiger partial charge in [-0.15, -0.1) is 0 Å². The van der Waals surface area contributed by atoms with Crippen molar-refractivity contribution >= 4 is 34.7 Å². The van der Waals surface area contributed by atoms with Crippen LogP contribution in [0.3, 0.4) is 0 Å². The van der Waals surface area contributed by atoms with Crippen LogP contribution in [0.5, 0.6) is 0 Å². The monoisotopic (exact) mass is 269 g/mol. The number of aromatic amines is 1. The zero-order chi connectivity index (χ0) is 13.2. The third-order valence-electron chi connectivity index (χ3n) is 3.09. The van der Waals surface area contributed by atoms with Crippen LogP contribution in [-0.2, 0) is 7.05 Å². The fourth-order valence-corrected chi connectivity index (χ4v) is 2.32. The molecule has 94 valence electrons. The molecule has 0 atom stereocenters. The Hall–Kier alpha value is -2.06. The van der Waals surface area contributed by atoms with Crippen molar-refractivity contribution < 1.29 is 4.57 Å². The van der Waals surface area contributed by atoms with E-state index in [4.69, 9.17) is 11.6 Å². The number of pyridine rings is 1. The van der Waals surface area contributed by atoms with Crippen LogP contribution < -0.4 is 4.57 Å². The van der Waals surface area contributed by atoms with Gasteiger partial charge in [0, 0.05) is 33.8 Å². The van der Waals surface area contributed by atoms with Crippen LogP contribution in [0.1, 0.15) is 11.1 Å². The van der Waals surface area contributed by atoms with Crippen LogP contribution in [0.25, 0.3) is 23.1 Å². The summed E-state index contributed by atoms with van der Waals surface area (Å²) >= 11 is 6.04. The summed E-state index contributed by atoms with van der Waals surface area (Å²) in [5.74, 6) is 0. The van der Waals surface area contributed by atoms with Crippen molar-refractivity contribution in [1.82, 2.24) is 4.98 Å². The van der Waals surface area contributed by atoms with E-state index in [-0.39, 0.29) is 0 Å². The number of hydrogen-bond donors (Lipinski definition) is 1. The molecule has 1 aromatic carbocycles. The van der Waals surface area contributed by atoms with Crippen molar-refractivity contribution in [2.45, 2.75) is 0 Å². The SMILES string of the molecule is C[n+]1cccc(/C=C/c2c[nH]c3ccc(Cl)cc23)c1. The second kappa shape index (κ2) is 4.90. The quantitative estimate of drug-likeness (QED) is 0.683. The van der Waals surface area contributed by atoms with Crippen molar-refractivity contribution in [3.05, 3.63) is 65.1 Å². The van der Waals surface area contributed by atoms with Crippen LogP contribution in [-0.4, -0.2) is 4.98 Å². The lowest BCUT2D eigenvalue weighted by molar-refractivity contribution is -0.671. The second-order valence-corrected chi connectivity index (χ2v) is 5.01. The lowest BCUT2D eigenvalue weighted by Crippen LogP contribution is -2.26. The Morgan fingerprint density at radius 1 is 1.21 bits per heavy atom. The number of aryl methyl sites for hydroxylation is 1. The second-order valence-electron chi connectivity index (χ2n) is 4.57. The fraction of sp³-hybridized carbons (Fsp3) is 0.0625. The van der Waals surface area contributed by atoms with Gasteiger partial charge in [0.05, 0.1) is 0 Å². The van der Waals surface area contributed by atoms with E-state index in [0.29, 0.717) is 0 Å². The first-order valence-corrected chi connectivity index (χ1v) is 6.50. The van der Waals surface area contributed by atoms with Crippen LogP contribution >= 0.6 is 11.6 Å². The smallest absolute Gasteiger partial charge is 0.175 e. The number of fused-ring (bicyclic) bond motifs is 1. The van der Waals surface area contributed by atoms with E-state index in [1.54, 1.807) is 0 Å². The topological polar surface area (TPSA) is 19.7 Å². The number of rotatable bonds is 2. The zero-order valence-electron chi connectivity index (χ0n) is 10.6. The molecule has 0 spiro atoms. The van der Waals surface area contributed by atoms with Gasteiger partial charge in [-0.3, -0.25) is 0 Å². The fourth-order valence-electron chi connectivity index (χ4n) is 2.15. The molecule has 3 heteroatoms. The largest absolute Gasteiger partial charge is 0.361 e. The van der Waals surface area contributed by atoms with Gasteiger partial charge in [-0.2, -0.15) is 0 Å². The van der Waals surface area contributed by atoms with Gasteiger partial charge < -0.3 is 4.98 Å². The van der Waals surface area contributed by atoms with Crippen molar-refractivity contribution in [2.75, 3.05) is 0 Å². The Bertz CT molecular complexity index is 756. The number of nitrogens with zero attached hydrogens (tertiary/aromatic N) is 1. The minimum atomic E-state index is 0.757. The average Bonchev–Trinajstić information content (AvgIpc) is 2.79. The highest BCUT2D eigenvalue weighted by atomic mass is 35.5. The first-order valence-electron chi connectivity index (χ1n) is 6.12. The molecule has 1 N–H and O–H groups in total. The van der Waals surface area contributed by atoms with Crippen molar-refractivity contribution in [1.29, 1.82) is 0 Å². The van der Waals surface area contributed by atoms with Gasteiger partial charge in [0.1, 0.15) is 7.05 Å². The highest BCUT2D eigenvalue weighted by Gasteiger charge is 2.01. The lowest BCUT2D eigenvalue weighted by Gasteiger charge is -1.94. The summed E-state index contributed by atoms with van der Waals surface area (Å²) in [6.45, 7) is 0. The number of benzene rings is 1. The van der Waals surface area contributed by atoms with E-state index >= 15 is 0 Å². The molecule has 2 aromatic heterocycles. The van der Waals surface area contributed by atoms with Crippen LogP contribution in [0, 0.1) is 0 Å². The Kier molecular flexibility index (Phi) is 3.10. The van der Waals surface area contributed by atoms with Crippen molar-refractivity contribution in [3.63, 3.8) is 0 Å². The molecule has 0 saturated heterocycles. The normalized spacial score (nSPS) is 11.5. The Morgan fingerprint density at radius 3 is 2.95 bits per heavy atom. The molecule has 0 bridgehead atoms. The van der Waals surface area contributed by atoms with Gasteiger partial charge in [-0.1, -0.05) is 17.7 Å². The number of hydrogen-bond acceptors (Lipinski definition) is 0. The highest BCUT2D eigenvalue weighted by molar-refractivity contribution is 6.31. The van der Waals surface area contributed by atoms with E-state index in [0.717, 1.165) is 21.5 Å². The highest BCUT2D eigenvalue weighted by Crippen LogP contribution is 2.23. The molecule has 19 heavy (non-hydrogen) atoms. The summed E-state index contributed by atoms with van der Waals surface area (Å²) in [4.78, 5) is 3.25. The molecule has 3 rings (SSSR count). The molecule has 0 fully saturated rings. The van der Waals surface area contributed by atoms with Gasteiger partial charge in [-0.05, 0) is 35.9 Å². The standard InChI is InChI=1S/C16H14ClN2/c1-19-8-2-3-12(11-19)4-5-13-10-18-16-7-6-14(17)9-15(13)16/h2-11,18H,1H3/q+1/b5-4+.